The molecule has 1 aliphatic rings. The van der Waals surface area contributed by atoms with E-state index in [2.05, 4.69) is 0 Å². The third-order valence-corrected chi connectivity index (χ3v) is 5.05. The van der Waals surface area contributed by atoms with Crippen LogP contribution in [0.15, 0.2) is 24.3 Å². The molecule has 0 saturated heterocycles. The number of carbonyl (C=O) groups excluding carboxylic acids is 3. The van der Waals surface area contributed by atoms with E-state index in [1.807, 2.05) is 0 Å². The predicted octanol–water partition coefficient (Wildman–Crippen LogP) is 3.70. The molecule has 0 aliphatic heterocycles. The molecule has 1 saturated carbocycles. The van der Waals surface area contributed by atoms with Crippen LogP contribution in [0.1, 0.15) is 45.1 Å². The molecule has 1 aliphatic carbocycles. The van der Waals surface area contributed by atoms with Gasteiger partial charge in [-0.3, -0.25) is 9.69 Å². The maximum absolute atomic E-state index is 12.9. The molecule has 26 heavy (non-hydrogen) atoms. The Labute approximate surface area is 158 Å². The molecule has 0 spiro atoms. The lowest BCUT2D eigenvalue weighted by molar-refractivity contribution is -0.153. The van der Waals surface area contributed by atoms with E-state index in [-0.39, 0.29) is 12.4 Å². The maximum atomic E-state index is 12.9. The minimum absolute atomic E-state index is 0.0833. The van der Waals surface area contributed by atoms with Crippen LogP contribution in [0.3, 0.4) is 0 Å². The number of ether oxygens (including phenoxy) is 2. The Hall–Kier alpha value is -2.08. The average Bonchev–Trinajstić information content (AvgIpc) is 2.62. The largest absolute Gasteiger partial charge is 0.463 e. The summed E-state index contributed by atoms with van der Waals surface area (Å²) in [4.78, 5) is 38.6. The van der Waals surface area contributed by atoms with Gasteiger partial charge in [-0.15, -0.1) is 0 Å². The normalized spacial score (nSPS) is 21.0. The number of rotatable bonds is 5. The van der Waals surface area contributed by atoms with Gasteiger partial charge in [0.15, 0.2) is 11.9 Å². The van der Waals surface area contributed by atoms with Crippen LogP contribution in [0.5, 0.6) is 0 Å². The molecule has 142 valence electrons. The van der Waals surface area contributed by atoms with Crippen molar-refractivity contribution in [2.75, 3.05) is 13.7 Å². The third kappa shape index (κ3) is 3.85. The predicted molar refractivity (Wildman–Crippen MR) is 96.9 cm³/mol. The first-order valence-electron chi connectivity index (χ1n) is 8.74. The molecular formula is C19H24ClNO5. The number of carbonyl (C=O) groups is 3. The van der Waals surface area contributed by atoms with Gasteiger partial charge in [0.2, 0.25) is 0 Å². The minimum atomic E-state index is -1.19. The minimum Gasteiger partial charge on any atom is -0.463 e. The van der Waals surface area contributed by atoms with Gasteiger partial charge >= 0.3 is 12.1 Å². The number of nitrogens with zero attached hydrogens (tertiary/aromatic N) is 1. The lowest BCUT2D eigenvalue weighted by Gasteiger charge is -2.43. The zero-order valence-corrected chi connectivity index (χ0v) is 16.0. The molecule has 0 N–H and O–H groups in total. The van der Waals surface area contributed by atoms with E-state index in [0.717, 1.165) is 12.8 Å². The lowest BCUT2D eigenvalue weighted by atomic mass is 9.74. The molecule has 0 aromatic heterocycles. The highest BCUT2D eigenvalue weighted by atomic mass is 35.5. The van der Waals surface area contributed by atoms with Gasteiger partial charge in [-0.1, -0.05) is 29.8 Å². The van der Waals surface area contributed by atoms with Crippen LogP contribution in [-0.4, -0.2) is 42.5 Å². The van der Waals surface area contributed by atoms with Gasteiger partial charge < -0.3 is 9.47 Å². The van der Waals surface area contributed by atoms with Gasteiger partial charge in [-0.2, -0.15) is 0 Å². The summed E-state index contributed by atoms with van der Waals surface area (Å²) in [5.74, 6) is -0.712. The second kappa shape index (κ2) is 8.54. The molecule has 2 rings (SSSR count). The summed E-state index contributed by atoms with van der Waals surface area (Å²) in [6.45, 7) is 3.30. The van der Waals surface area contributed by atoms with Crippen molar-refractivity contribution in [2.24, 2.45) is 0 Å². The SMILES string of the molecule is CCOC(=O)C(C)OC(=O)N(C)[C@]1(c2ccccc2Cl)CCCCC1=O. The number of amides is 1. The Bertz CT molecular complexity index is 692. The van der Waals surface area contributed by atoms with Crippen molar-refractivity contribution in [3.05, 3.63) is 34.9 Å². The standard InChI is InChI=1S/C19H24ClNO5/c1-4-25-17(23)13(2)26-18(24)21(3)19(12-8-7-11-16(19)22)14-9-5-6-10-15(14)20/h5-6,9-10,13H,4,7-8,11-12H2,1-3H3/t13?,19-/m0/s1. The first-order valence-corrected chi connectivity index (χ1v) is 9.11. The molecule has 2 atom stereocenters. The van der Waals surface area contributed by atoms with Crippen molar-refractivity contribution in [3.63, 3.8) is 0 Å². The number of likely N-dealkylation sites (N-methyl/N-ethyl adjacent to an activating group) is 1. The number of esters is 1. The van der Waals surface area contributed by atoms with E-state index >= 15 is 0 Å². The lowest BCUT2D eigenvalue weighted by Crippen LogP contribution is -2.55. The number of hydrogen-bond donors (Lipinski definition) is 0. The summed E-state index contributed by atoms with van der Waals surface area (Å²) in [5, 5.41) is 0.417. The zero-order valence-electron chi connectivity index (χ0n) is 15.3. The molecule has 1 aromatic rings. The number of ketones is 1. The van der Waals surface area contributed by atoms with Gasteiger partial charge in [0, 0.05) is 24.1 Å². The molecule has 6 nitrogen and oxygen atoms in total. The fourth-order valence-corrected chi connectivity index (χ4v) is 3.62. The fourth-order valence-electron chi connectivity index (χ4n) is 3.32. The molecule has 1 amide bonds. The average molecular weight is 382 g/mol. The van der Waals surface area contributed by atoms with Crippen molar-refractivity contribution in [3.8, 4) is 0 Å². The monoisotopic (exact) mass is 381 g/mol. The summed E-state index contributed by atoms with van der Waals surface area (Å²) < 4.78 is 10.1. The highest BCUT2D eigenvalue weighted by molar-refractivity contribution is 6.31. The Kier molecular flexibility index (Phi) is 6.64. The van der Waals surface area contributed by atoms with E-state index in [1.165, 1.54) is 18.9 Å². The second-order valence-corrected chi connectivity index (χ2v) is 6.71. The molecule has 1 aromatic carbocycles. The highest BCUT2D eigenvalue weighted by Gasteiger charge is 2.49. The summed E-state index contributed by atoms with van der Waals surface area (Å²) >= 11 is 6.35. The first kappa shape index (κ1) is 20.2. The van der Waals surface area contributed by atoms with E-state index < -0.39 is 23.7 Å². The molecule has 0 radical (unpaired) electrons. The third-order valence-electron chi connectivity index (χ3n) is 4.72. The summed E-state index contributed by atoms with van der Waals surface area (Å²) in [6, 6.07) is 7.00. The van der Waals surface area contributed by atoms with E-state index in [9.17, 15) is 14.4 Å². The highest BCUT2D eigenvalue weighted by Crippen LogP contribution is 2.42. The van der Waals surface area contributed by atoms with Gasteiger partial charge in [-0.05, 0) is 39.2 Å². The van der Waals surface area contributed by atoms with E-state index in [4.69, 9.17) is 21.1 Å². The van der Waals surface area contributed by atoms with Gasteiger partial charge in [-0.25, -0.2) is 9.59 Å². The number of benzene rings is 1. The van der Waals surface area contributed by atoms with Crippen LogP contribution in [-0.2, 0) is 24.6 Å². The number of halogens is 1. The fraction of sp³-hybridized carbons (Fsp3) is 0.526. The zero-order chi connectivity index (χ0) is 19.3. The Morgan fingerprint density at radius 1 is 1.31 bits per heavy atom. The molecule has 7 heteroatoms. The van der Waals surface area contributed by atoms with Gasteiger partial charge in [0.25, 0.3) is 0 Å². The Morgan fingerprint density at radius 3 is 2.62 bits per heavy atom. The summed E-state index contributed by atoms with van der Waals surface area (Å²) in [7, 11) is 1.51. The van der Waals surface area contributed by atoms with Crippen molar-refractivity contribution in [1.29, 1.82) is 0 Å². The quantitative estimate of drug-likeness (QED) is 0.727. The van der Waals surface area contributed by atoms with Gasteiger partial charge in [0.05, 0.1) is 6.61 Å². The van der Waals surface area contributed by atoms with Crippen LogP contribution < -0.4 is 0 Å². The Balaban J connectivity index is 2.34. The molecule has 1 unspecified atom stereocenters. The Morgan fingerprint density at radius 2 is 2.00 bits per heavy atom. The van der Waals surface area contributed by atoms with Crippen LogP contribution in [0.25, 0.3) is 0 Å². The molecule has 0 heterocycles. The van der Waals surface area contributed by atoms with Crippen LogP contribution in [0, 0.1) is 0 Å². The van der Waals surface area contributed by atoms with E-state index in [1.54, 1.807) is 31.2 Å². The van der Waals surface area contributed by atoms with E-state index in [0.29, 0.717) is 23.4 Å². The summed E-state index contributed by atoms with van der Waals surface area (Å²) in [5.41, 5.74) is -0.614. The molecule has 1 fully saturated rings. The van der Waals surface area contributed by atoms with Gasteiger partial charge in [0.1, 0.15) is 5.54 Å². The smallest absolute Gasteiger partial charge is 0.411 e. The van der Waals surface area contributed by atoms with Crippen LogP contribution in [0.4, 0.5) is 4.79 Å². The maximum Gasteiger partial charge on any atom is 0.411 e. The number of Topliss-reactive ketones (excluding diaryl/α,β-unsaturated/α-hetero) is 1. The molecular weight excluding hydrogens is 358 g/mol. The molecule has 0 bridgehead atoms. The number of hydrogen-bond acceptors (Lipinski definition) is 5. The summed E-state index contributed by atoms with van der Waals surface area (Å²) in [6.07, 6.45) is 0.535. The topological polar surface area (TPSA) is 72.9 Å². The van der Waals surface area contributed by atoms with Crippen molar-refractivity contribution >= 4 is 29.4 Å². The first-order chi connectivity index (χ1) is 12.3. The van der Waals surface area contributed by atoms with Crippen LogP contribution >= 0.6 is 11.6 Å². The van der Waals surface area contributed by atoms with Crippen molar-refractivity contribution in [2.45, 2.75) is 51.2 Å². The van der Waals surface area contributed by atoms with Crippen molar-refractivity contribution < 1.29 is 23.9 Å². The van der Waals surface area contributed by atoms with Crippen LogP contribution in [0.2, 0.25) is 5.02 Å². The van der Waals surface area contributed by atoms with Crippen molar-refractivity contribution in [1.82, 2.24) is 4.90 Å². The second-order valence-electron chi connectivity index (χ2n) is 6.31.